The third-order valence-corrected chi connectivity index (χ3v) is 8.70. The molecule has 0 saturated heterocycles. The second kappa shape index (κ2) is 10.2. The largest absolute Gasteiger partial charge is 0.393 e. The third kappa shape index (κ3) is 5.16. The number of aromatic amines is 1. The van der Waals surface area contributed by atoms with Gasteiger partial charge in [0.05, 0.1) is 21.6 Å². The average molecular weight is 515 g/mol. The Morgan fingerprint density at radius 3 is 2.38 bits per heavy atom. The summed E-state index contributed by atoms with van der Waals surface area (Å²) in [5, 5.41) is 21.3. The molecule has 0 bridgehead atoms. The summed E-state index contributed by atoms with van der Waals surface area (Å²) in [5.41, 5.74) is 9.92. The maximum absolute atomic E-state index is 13.9. The standard InChI is InChI=1S/C29H30N4O3S/c30-29(31)21-8-4-7-20(17-21)25-18-24(13-14-26(25)33-22-9-11-23(34)12-10-22)37(35,36)27-15-16-32-28(27)19-5-2-1-3-6-19/h1-8,13-18,22-23,32-34H,9-12H2,(H3,30,31). The van der Waals surface area contributed by atoms with Crippen LogP contribution >= 0.6 is 0 Å². The summed E-state index contributed by atoms with van der Waals surface area (Å²) < 4.78 is 27.7. The highest BCUT2D eigenvalue weighted by molar-refractivity contribution is 7.91. The molecule has 8 heteroatoms. The Bertz CT molecular complexity index is 1520. The number of amidine groups is 1. The summed E-state index contributed by atoms with van der Waals surface area (Å²) >= 11 is 0. The molecule has 5 rings (SSSR count). The Hall–Kier alpha value is -3.88. The lowest BCUT2D eigenvalue weighted by Crippen LogP contribution is -2.28. The van der Waals surface area contributed by atoms with E-state index in [1.165, 1.54) is 0 Å². The Kier molecular flexibility index (Phi) is 6.86. The molecule has 1 fully saturated rings. The number of hydrogen-bond acceptors (Lipinski definition) is 5. The first kappa shape index (κ1) is 24.8. The Morgan fingerprint density at radius 2 is 1.65 bits per heavy atom. The van der Waals surface area contributed by atoms with Crippen LogP contribution in [0, 0.1) is 5.41 Å². The quantitative estimate of drug-likeness (QED) is 0.171. The molecule has 0 atom stereocenters. The minimum Gasteiger partial charge on any atom is -0.393 e. The molecule has 0 aliphatic heterocycles. The summed E-state index contributed by atoms with van der Waals surface area (Å²) in [7, 11) is -3.85. The van der Waals surface area contributed by atoms with Crippen LogP contribution in [0.3, 0.4) is 0 Å². The molecule has 4 aromatic rings. The van der Waals surface area contributed by atoms with Gasteiger partial charge in [-0.15, -0.1) is 0 Å². The third-order valence-electron chi connectivity index (χ3n) is 6.90. The number of benzene rings is 3. The summed E-state index contributed by atoms with van der Waals surface area (Å²) in [6.45, 7) is 0. The average Bonchev–Trinajstić information content (AvgIpc) is 3.42. The highest BCUT2D eigenvalue weighted by atomic mass is 32.2. The lowest BCUT2D eigenvalue weighted by atomic mass is 9.92. The highest BCUT2D eigenvalue weighted by Crippen LogP contribution is 2.37. The number of H-pyrrole nitrogens is 1. The summed E-state index contributed by atoms with van der Waals surface area (Å²) in [6.07, 6.45) is 4.50. The Morgan fingerprint density at radius 1 is 0.919 bits per heavy atom. The molecule has 0 amide bonds. The van der Waals surface area contributed by atoms with Gasteiger partial charge in [0.25, 0.3) is 0 Å². The fourth-order valence-electron chi connectivity index (χ4n) is 4.89. The van der Waals surface area contributed by atoms with Crippen LogP contribution in [0.5, 0.6) is 0 Å². The normalized spacial score (nSPS) is 17.9. The number of nitrogens with one attached hydrogen (secondary N) is 3. The van der Waals surface area contributed by atoms with Crippen molar-refractivity contribution in [1.82, 2.24) is 4.98 Å². The number of hydrogen-bond donors (Lipinski definition) is 5. The highest BCUT2D eigenvalue weighted by Gasteiger charge is 2.26. The Labute approximate surface area is 216 Å². The predicted molar refractivity (Wildman–Crippen MR) is 146 cm³/mol. The molecule has 0 unspecified atom stereocenters. The molecule has 1 aliphatic rings. The van der Waals surface area contributed by atoms with Crippen LogP contribution in [0.25, 0.3) is 22.4 Å². The van der Waals surface area contributed by atoms with Gasteiger partial charge in [-0.2, -0.15) is 0 Å². The van der Waals surface area contributed by atoms with E-state index < -0.39 is 9.84 Å². The molecule has 1 saturated carbocycles. The van der Waals surface area contributed by atoms with Gasteiger partial charge in [0.15, 0.2) is 0 Å². The molecule has 7 nitrogen and oxygen atoms in total. The van der Waals surface area contributed by atoms with Crippen molar-refractivity contribution in [3.05, 3.63) is 90.6 Å². The SMILES string of the molecule is N=C(N)c1cccc(-c2cc(S(=O)(=O)c3cc[nH]c3-c3ccccc3)ccc2NC2CCC(O)CC2)c1. The van der Waals surface area contributed by atoms with Gasteiger partial charge in [0.1, 0.15) is 5.84 Å². The predicted octanol–water partition coefficient (Wildman–Crippen LogP) is 5.18. The van der Waals surface area contributed by atoms with E-state index in [1.54, 1.807) is 36.5 Å². The van der Waals surface area contributed by atoms with Crippen LogP contribution in [0.15, 0.2) is 94.9 Å². The van der Waals surface area contributed by atoms with E-state index in [0.717, 1.165) is 42.5 Å². The lowest BCUT2D eigenvalue weighted by molar-refractivity contribution is 0.126. The summed E-state index contributed by atoms with van der Waals surface area (Å²) in [6, 6.07) is 23.5. The van der Waals surface area contributed by atoms with Crippen LogP contribution in [0.2, 0.25) is 0 Å². The van der Waals surface area contributed by atoms with Gasteiger partial charge in [0.2, 0.25) is 9.84 Å². The minimum absolute atomic E-state index is 0.0544. The van der Waals surface area contributed by atoms with Crippen molar-refractivity contribution < 1.29 is 13.5 Å². The van der Waals surface area contributed by atoms with Gasteiger partial charge in [0, 0.05) is 29.1 Å². The molecule has 1 aliphatic carbocycles. The first-order chi connectivity index (χ1) is 17.8. The number of aliphatic hydroxyl groups is 1. The maximum Gasteiger partial charge on any atom is 0.208 e. The van der Waals surface area contributed by atoms with Crippen molar-refractivity contribution in [2.24, 2.45) is 5.73 Å². The molecule has 0 spiro atoms. The fourth-order valence-corrected chi connectivity index (χ4v) is 6.35. The lowest BCUT2D eigenvalue weighted by Gasteiger charge is -2.28. The zero-order chi connectivity index (χ0) is 26.0. The topological polar surface area (TPSA) is 132 Å². The number of anilines is 1. The van der Waals surface area contributed by atoms with E-state index in [2.05, 4.69) is 10.3 Å². The number of rotatable bonds is 7. The van der Waals surface area contributed by atoms with Crippen molar-refractivity contribution in [3.8, 4) is 22.4 Å². The molecule has 3 aromatic carbocycles. The summed E-state index contributed by atoms with van der Waals surface area (Å²) in [5.74, 6) is -0.0544. The first-order valence-electron chi connectivity index (χ1n) is 12.3. The monoisotopic (exact) mass is 514 g/mol. The molecule has 1 heterocycles. The zero-order valence-corrected chi connectivity index (χ0v) is 21.1. The molecular formula is C29H30N4O3S. The van der Waals surface area contributed by atoms with Crippen molar-refractivity contribution >= 4 is 21.4 Å². The van der Waals surface area contributed by atoms with Crippen molar-refractivity contribution in [2.75, 3.05) is 5.32 Å². The maximum atomic E-state index is 13.9. The van der Waals surface area contributed by atoms with Crippen molar-refractivity contribution in [1.29, 1.82) is 5.41 Å². The van der Waals surface area contributed by atoms with Crippen LogP contribution in [-0.2, 0) is 9.84 Å². The van der Waals surface area contributed by atoms with Crippen molar-refractivity contribution in [2.45, 2.75) is 47.6 Å². The molecule has 6 N–H and O–H groups in total. The van der Waals surface area contributed by atoms with E-state index >= 15 is 0 Å². The van der Waals surface area contributed by atoms with Crippen molar-refractivity contribution in [3.63, 3.8) is 0 Å². The van der Waals surface area contributed by atoms with E-state index in [0.29, 0.717) is 16.8 Å². The number of aliphatic hydroxyl groups excluding tert-OH is 1. The molecule has 190 valence electrons. The number of aromatic nitrogens is 1. The summed E-state index contributed by atoms with van der Waals surface area (Å²) in [4.78, 5) is 3.47. The van der Waals surface area contributed by atoms with Gasteiger partial charge in [-0.1, -0.05) is 48.5 Å². The second-order valence-electron chi connectivity index (χ2n) is 9.44. The smallest absolute Gasteiger partial charge is 0.208 e. The van der Waals surface area contributed by atoms with Gasteiger partial charge >= 0.3 is 0 Å². The van der Waals surface area contributed by atoms with Gasteiger partial charge < -0.3 is 21.1 Å². The second-order valence-corrected chi connectivity index (χ2v) is 11.4. The molecule has 1 aromatic heterocycles. The van der Waals surface area contributed by atoms with E-state index in [4.69, 9.17) is 11.1 Å². The van der Waals surface area contributed by atoms with Crippen LogP contribution in [-0.4, -0.2) is 36.5 Å². The van der Waals surface area contributed by atoms with Gasteiger partial charge in [-0.25, -0.2) is 8.42 Å². The zero-order valence-electron chi connectivity index (χ0n) is 20.3. The molecule has 0 radical (unpaired) electrons. The van der Waals surface area contributed by atoms with Crippen LogP contribution in [0.4, 0.5) is 5.69 Å². The first-order valence-corrected chi connectivity index (χ1v) is 13.8. The van der Waals surface area contributed by atoms with Crippen LogP contribution < -0.4 is 11.1 Å². The van der Waals surface area contributed by atoms with E-state index in [1.807, 2.05) is 48.5 Å². The van der Waals surface area contributed by atoms with Crippen LogP contribution in [0.1, 0.15) is 31.2 Å². The number of nitrogens with two attached hydrogens (primary N) is 1. The van der Waals surface area contributed by atoms with E-state index in [9.17, 15) is 13.5 Å². The Balaban J connectivity index is 1.59. The van der Waals surface area contributed by atoms with Gasteiger partial charge in [-0.05, 0) is 67.1 Å². The minimum atomic E-state index is -3.85. The number of sulfone groups is 1. The fraction of sp³-hybridized carbons (Fsp3) is 0.207. The van der Waals surface area contributed by atoms with Gasteiger partial charge in [-0.3, -0.25) is 5.41 Å². The number of nitrogen functional groups attached to an aromatic ring is 1. The molecule has 37 heavy (non-hydrogen) atoms. The van der Waals surface area contributed by atoms with E-state index in [-0.39, 0.29) is 27.8 Å². The molecular weight excluding hydrogens is 484 g/mol.